The zero-order valence-corrected chi connectivity index (χ0v) is 24.2. The summed E-state index contributed by atoms with van der Waals surface area (Å²) in [5.41, 5.74) is 0.441. The molecule has 0 unspecified atom stereocenters. The van der Waals surface area contributed by atoms with Crippen molar-refractivity contribution in [1.82, 2.24) is 24.7 Å². The van der Waals surface area contributed by atoms with Gasteiger partial charge in [-0.25, -0.2) is 22.8 Å². The Morgan fingerprint density at radius 1 is 1.10 bits per heavy atom. The van der Waals surface area contributed by atoms with Crippen molar-refractivity contribution in [3.63, 3.8) is 0 Å². The molecule has 0 aliphatic carbocycles. The number of anilines is 2. The maximum atomic E-state index is 14.0. The zero-order chi connectivity index (χ0) is 29.1. The average molecular weight is 592 g/mol. The molecule has 2 fully saturated rings. The number of piperidine rings is 1. The maximum Gasteiger partial charge on any atom is 0.243 e. The SMILES string of the molecule is COc1cccc(OC)c1-n1c(NS(=O)(=O)[C@@H]2C[C@@H](OC(C)C)CN(c3ncc(F)cn3)C2)nnc1[C@H]1CCCO1. The molecule has 0 amide bonds. The van der Waals surface area contributed by atoms with Crippen LogP contribution in [0.15, 0.2) is 30.6 Å². The second-order valence-corrected chi connectivity index (χ2v) is 12.1. The van der Waals surface area contributed by atoms with E-state index in [1.165, 1.54) is 14.2 Å². The van der Waals surface area contributed by atoms with Crippen LogP contribution in [-0.4, -0.2) is 84.5 Å². The van der Waals surface area contributed by atoms with Crippen molar-refractivity contribution in [1.29, 1.82) is 0 Å². The van der Waals surface area contributed by atoms with E-state index in [1.807, 2.05) is 13.8 Å². The van der Waals surface area contributed by atoms with Crippen LogP contribution in [-0.2, 0) is 19.5 Å². The van der Waals surface area contributed by atoms with Crippen molar-refractivity contribution >= 4 is 21.9 Å². The van der Waals surface area contributed by atoms with Crippen LogP contribution in [0.1, 0.15) is 45.0 Å². The number of benzene rings is 1. The highest BCUT2D eigenvalue weighted by Gasteiger charge is 2.39. The standard InChI is InChI=1S/C26H34FN7O6S/c1-16(2)40-18-11-19(15-33(14-18)25-28-12-17(27)13-29-25)41(35,36)32-26-31-30-24(22-9-6-10-39-22)34(26)23-20(37-3)7-5-8-21(23)38-4/h5,7-8,12-13,16,18-19,22H,6,9-11,14-15H2,1-4H3,(H,31,32)/t18-,19-,22-/m1/s1. The number of nitrogens with zero attached hydrogens (tertiary/aromatic N) is 6. The van der Waals surface area contributed by atoms with Gasteiger partial charge in [0, 0.05) is 19.7 Å². The highest BCUT2D eigenvalue weighted by atomic mass is 32.2. The third kappa shape index (κ3) is 6.21. The van der Waals surface area contributed by atoms with Crippen LogP contribution < -0.4 is 19.1 Å². The van der Waals surface area contributed by atoms with Crippen LogP contribution in [0.25, 0.3) is 5.69 Å². The van der Waals surface area contributed by atoms with Crippen molar-refractivity contribution in [3.8, 4) is 17.2 Å². The molecule has 5 rings (SSSR count). The first-order valence-corrected chi connectivity index (χ1v) is 14.9. The van der Waals surface area contributed by atoms with Crippen LogP contribution in [0.2, 0.25) is 0 Å². The summed E-state index contributed by atoms with van der Waals surface area (Å²) in [5.74, 6) is 0.896. The van der Waals surface area contributed by atoms with Crippen molar-refractivity contribution in [2.24, 2.45) is 0 Å². The van der Waals surface area contributed by atoms with E-state index in [9.17, 15) is 12.8 Å². The summed E-state index contributed by atoms with van der Waals surface area (Å²) < 4.78 is 68.8. The van der Waals surface area contributed by atoms with Gasteiger partial charge in [0.05, 0.1) is 38.8 Å². The molecule has 2 aliphatic rings. The minimum atomic E-state index is -4.08. The Balaban J connectivity index is 1.52. The minimum absolute atomic E-state index is 0.0326. The number of hydrogen-bond acceptors (Lipinski definition) is 11. The smallest absolute Gasteiger partial charge is 0.243 e. The van der Waals surface area contributed by atoms with Gasteiger partial charge in [0.2, 0.25) is 21.9 Å². The molecule has 2 saturated heterocycles. The van der Waals surface area contributed by atoms with Crippen LogP contribution >= 0.6 is 0 Å². The van der Waals surface area contributed by atoms with Crippen molar-refractivity contribution < 1.29 is 31.8 Å². The summed E-state index contributed by atoms with van der Waals surface area (Å²) >= 11 is 0. The molecule has 1 aromatic carbocycles. The first-order chi connectivity index (χ1) is 19.7. The van der Waals surface area contributed by atoms with Gasteiger partial charge in [-0.3, -0.25) is 9.29 Å². The van der Waals surface area contributed by atoms with Gasteiger partial charge in [-0.2, -0.15) is 0 Å². The van der Waals surface area contributed by atoms with E-state index < -0.39 is 27.2 Å². The molecule has 0 radical (unpaired) electrons. The largest absolute Gasteiger partial charge is 0.494 e. The van der Waals surface area contributed by atoms with E-state index in [4.69, 9.17) is 18.9 Å². The molecule has 0 spiro atoms. The Hall–Kier alpha value is -3.56. The Kier molecular flexibility index (Phi) is 8.56. The second kappa shape index (κ2) is 12.1. The second-order valence-electron chi connectivity index (χ2n) is 10.1. The summed E-state index contributed by atoms with van der Waals surface area (Å²) in [4.78, 5) is 9.80. The normalized spacial score (nSPS) is 21.3. The fraction of sp³-hybridized carbons (Fsp3) is 0.538. The fourth-order valence-electron chi connectivity index (χ4n) is 5.18. The van der Waals surface area contributed by atoms with Crippen LogP contribution in [0.4, 0.5) is 16.3 Å². The summed E-state index contributed by atoms with van der Waals surface area (Å²) in [5, 5.41) is 7.64. The molecule has 41 heavy (non-hydrogen) atoms. The predicted molar refractivity (Wildman–Crippen MR) is 148 cm³/mol. The summed E-state index contributed by atoms with van der Waals surface area (Å²) in [6, 6.07) is 5.25. The van der Waals surface area contributed by atoms with Crippen molar-refractivity contribution in [3.05, 3.63) is 42.2 Å². The average Bonchev–Trinajstić information content (AvgIpc) is 3.62. The minimum Gasteiger partial charge on any atom is -0.494 e. The van der Waals surface area contributed by atoms with E-state index in [0.29, 0.717) is 42.6 Å². The molecule has 1 N–H and O–H groups in total. The molecule has 2 aliphatic heterocycles. The third-order valence-corrected chi connectivity index (χ3v) is 8.62. The molecule has 13 nitrogen and oxygen atoms in total. The van der Waals surface area contributed by atoms with Crippen LogP contribution in [0, 0.1) is 5.82 Å². The van der Waals surface area contributed by atoms with E-state index in [2.05, 4.69) is 24.9 Å². The van der Waals surface area contributed by atoms with Gasteiger partial charge in [-0.15, -0.1) is 10.2 Å². The summed E-state index contributed by atoms with van der Waals surface area (Å²) in [6.07, 6.45) is 2.89. The first kappa shape index (κ1) is 29.0. The van der Waals surface area contributed by atoms with Gasteiger partial charge in [0.1, 0.15) is 28.5 Å². The summed E-state index contributed by atoms with van der Waals surface area (Å²) in [6.45, 7) is 4.73. The maximum absolute atomic E-state index is 14.0. The number of rotatable bonds is 10. The van der Waals surface area contributed by atoms with Gasteiger partial charge < -0.3 is 23.8 Å². The molecule has 4 heterocycles. The number of halogens is 1. The highest BCUT2D eigenvalue weighted by molar-refractivity contribution is 7.93. The molecule has 15 heteroatoms. The number of sulfonamides is 1. The Morgan fingerprint density at radius 3 is 2.41 bits per heavy atom. The number of hydrogen-bond donors (Lipinski definition) is 1. The van der Waals surface area contributed by atoms with E-state index in [0.717, 1.165) is 18.8 Å². The van der Waals surface area contributed by atoms with E-state index in [1.54, 1.807) is 27.7 Å². The molecule has 0 saturated carbocycles. The molecular weight excluding hydrogens is 557 g/mol. The lowest BCUT2D eigenvalue weighted by atomic mass is 10.1. The Bertz CT molecular complexity index is 1420. The van der Waals surface area contributed by atoms with Crippen LogP contribution in [0.5, 0.6) is 11.5 Å². The molecule has 3 atom stereocenters. The quantitative estimate of drug-likeness (QED) is 0.372. The lowest BCUT2D eigenvalue weighted by Crippen LogP contribution is -2.51. The number of aromatic nitrogens is 5. The Labute approximate surface area is 238 Å². The van der Waals surface area contributed by atoms with Crippen LogP contribution in [0.3, 0.4) is 0 Å². The van der Waals surface area contributed by atoms with E-state index >= 15 is 0 Å². The molecule has 0 bridgehead atoms. The number of para-hydroxylation sites is 1. The van der Waals surface area contributed by atoms with Gasteiger partial charge in [0.15, 0.2) is 11.6 Å². The molecule has 3 aromatic rings. The third-order valence-electron chi connectivity index (χ3n) is 6.93. The Morgan fingerprint density at radius 2 is 1.80 bits per heavy atom. The van der Waals surface area contributed by atoms with Crippen molar-refractivity contribution in [2.45, 2.75) is 56.7 Å². The molecule has 2 aromatic heterocycles. The molecular formula is C26H34FN7O6S. The first-order valence-electron chi connectivity index (χ1n) is 13.4. The zero-order valence-electron chi connectivity index (χ0n) is 23.4. The fourth-order valence-corrected chi connectivity index (χ4v) is 6.58. The monoisotopic (exact) mass is 591 g/mol. The number of ether oxygens (including phenoxy) is 4. The lowest BCUT2D eigenvalue weighted by Gasteiger charge is -2.37. The highest BCUT2D eigenvalue weighted by Crippen LogP contribution is 2.39. The number of methoxy groups -OCH3 is 2. The van der Waals surface area contributed by atoms with Gasteiger partial charge >= 0.3 is 0 Å². The van der Waals surface area contributed by atoms with Gasteiger partial charge in [0.25, 0.3) is 0 Å². The predicted octanol–water partition coefficient (Wildman–Crippen LogP) is 2.88. The van der Waals surface area contributed by atoms with E-state index in [-0.39, 0.29) is 37.1 Å². The molecule has 222 valence electrons. The van der Waals surface area contributed by atoms with Crippen molar-refractivity contribution in [2.75, 3.05) is 43.5 Å². The topological polar surface area (TPSA) is 143 Å². The van der Waals surface area contributed by atoms with Gasteiger partial charge in [-0.1, -0.05) is 6.07 Å². The van der Waals surface area contributed by atoms with Gasteiger partial charge in [-0.05, 0) is 45.2 Å². The number of nitrogens with one attached hydrogen (secondary N) is 1. The lowest BCUT2D eigenvalue weighted by molar-refractivity contribution is 0.00147. The summed E-state index contributed by atoms with van der Waals surface area (Å²) in [7, 11) is -1.05.